The first kappa shape index (κ1) is 20.5. The molecule has 0 unspecified atom stereocenters. The van der Waals surface area contributed by atoms with Gasteiger partial charge in [-0.15, -0.1) is 11.3 Å². The van der Waals surface area contributed by atoms with Gasteiger partial charge in [0.15, 0.2) is 11.5 Å². The number of nitro benzene ring substituents is 1. The molecule has 0 radical (unpaired) electrons. The van der Waals surface area contributed by atoms with Gasteiger partial charge in [-0.1, -0.05) is 18.2 Å². The maximum atomic E-state index is 12.5. The molecular formula is C19H16F2N2O5S. The molecule has 0 atom stereocenters. The van der Waals surface area contributed by atoms with Crippen LogP contribution < -0.4 is 14.8 Å². The van der Waals surface area contributed by atoms with Crippen LogP contribution in [0.3, 0.4) is 0 Å². The molecule has 1 aromatic heterocycles. The third-order valence-corrected chi connectivity index (χ3v) is 5.19. The maximum absolute atomic E-state index is 12.5. The zero-order chi connectivity index (χ0) is 21.0. The van der Waals surface area contributed by atoms with Crippen LogP contribution in [0, 0.1) is 10.1 Å². The van der Waals surface area contributed by atoms with E-state index >= 15 is 0 Å². The molecule has 29 heavy (non-hydrogen) atoms. The average molecular weight is 422 g/mol. The van der Waals surface area contributed by atoms with Crippen LogP contribution in [-0.2, 0) is 6.42 Å². The molecule has 1 amide bonds. The van der Waals surface area contributed by atoms with E-state index in [1.54, 1.807) is 11.3 Å². The van der Waals surface area contributed by atoms with Crippen molar-refractivity contribution in [2.24, 2.45) is 0 Å². The van der Waals surface area contributed by atoms with E-state index in [0.717, 1.165) is 27.8 Å². The average Bonchev–Trinajstić information content (AvgIpc) is 3.10. The van der Waals surface area contributed by atoms with Crippen LogP contribution in [0.1, 0.15) is 15.9 Å². The summed E-state index contributed by atoms with van der Waals surface area (Å²) in [6, 6.07) is 9.63. The number of hydrogen-bond acceptors (Lipinski definition) is 6. The summed E-state index contributed by atoms with van der Waals surface area (Å²) in [7, 11) is 1.18. The summed E-state index contributed by atoms with van der Waals surface area (Å²) in [6.45, 7) is -2.95. The Hall–Kier alpha value is -3.27. The first-order valence-electron chi connectivity index (χ1n) is 8.45. The van der Waals surface area contributed by atoms with E-state index in [0.29, 0.717) is 6.42 Å². The fourth-order valence-electron chi connectivity index (χ4n) is 2.86. The molecule has 3 rings (SSSR count). The summed E-state index contributed by atoms with van der Waals surface area (Å²) >= 11 is 1.59. The summed E-state index contributed by atoms with van der Waals surface area (Å²) in [5.74, 6) is -1.43. The number of ether oxygens (including phenoxy) is 2. The van der Waals surface area contributed by atoms with Gasteiger partial charge in [0.25, 0.3) is 11.6 Å². The number of halogens is 2. The van der Waals surface area contributed by atoms with E-state index < -0.39 is 28.9 Å². The minimum Gasteiger partial charge on any atom is -0.493 e. The summed E-state index contributed by atoms with van der Waals surface area (Å²) in [4.78, 5) is 23.0. The van der Waals surface area contributed by atoms with Gasteiger partial charge >= 0.3 is 6.61 Å². The lowest BCUT2D eigenvalue weighted by atomic mass is 10.1. The largest absolute Gasteiger partial charge is 0.493 e. The van der Waals surface area contributed by atoms with Crippen molar-refractivity contribution in [3.05, 3.63) is 63.0 Å². The van der Waals surface area contributed by atoms with E-state index in [2.05, 4.69) is 10.1 Å². The molecule has 3 aromatic rings. The Bertz CT molecular complexity index is 1050. The minimum atomic E-state index is -3.19. The Morgan fingerprint density at radius 1 is 1.28 bits per heavy atom. The number of methoxy groups -OCH3 is 1. The first-order chi connectivity index (χ1) is 13.9. The van der Waals surface area contributed by atoms with Crippen molar-refractivity contribution in [2.45, 2.75) is 13.0 Å². The number of thiophene rings is 1. The van der Waals surface area contributed by atoms with Crippen LogP contribution in [0.15, 0.2) is 41.8 Å². The molecule has 0 saturated carbocycles. The molecule has 0 aliphatic heterocycles. The van der Waals surface area contributed by atoms with E-state index in [4.69, 9.17) is 4.74 Å². The van der Waals surface area contributed by atoms with Crippen LogP contribution in [-0.4, -0.2) is 31.1 Å². The second-order valence-electron chi connectivity index (χ2n) is 5.92. The maximum Gasteiger partial charge on any atom is 0.387 e. The SMILES string of the molecule is COc1cc(C(=O)NCCc2csc3ccccc23)c([N+](=O)[O-])cc1OC(F)F. The van der Waals surface area contributed by atoms with Gasteiger partial charge in [0.2, 0.25) is 0 Å². The number of fused-ring (bicyclic) bond motifs is 1. The summed E-state index contributed by atoms with van der Waals surface area (Å²) < 4.78 is 35.3. The number of hydrogen-bond donors (Lipinski definition) is 1. The molecule has 1 N–H and O–H groups in total. The van der Waals surface area contributed by atoms with E-state index in [1.807, 2.05) is 29.6 Å². The highest BCUT2D eigenvalue weighted by Gasteiger charge is 2.25. The number of rotatable bonds is 8. The first-order valence-corrected chi connectivity index (χ1v) is 9.33. The molecule has 2 aromatic carbocycles. The number of carbonyl (C=O) groups excluding carboxylic acids is 1. The quantitative estimate of drug-likeness (QED) is 0.429. The fraction of sp³-hybridized carbons (Fsp3) is 0.211. The van der Waals surface area contributed by atoms with Crippen LogP contribution in [0.4, 0.5) is 14.5 Å². The number of alkyl halides is 2. The second-order valence-corrected chi connectivity index (χ2v) is 6.83. The Morgan fingerprint density at radius 3 is 2.72 bits per heavy atom. The topological polar surface area (TPSA) is 90.7 Å². The van der Waals surface area contributed by atoms with Crippen molar-refractivity contribution < 1.29 is 28.0 Å². The zero-order valence-corrected chi connectivity index (χ0v) is 16.0. The van der Waals surface area contributed by atoms with Crippen molar-refractivity contribution in [1.29, 1.82) is 0 Å². The van der Waals surface area contributed by atoms with Gasteiger partial charge in [0.05, 0.1) is 18.1 Å². The Kier molecular flexibility index (Phi) is 6.23. The number of nitro groups is 1. The summed E-state index contributed by atoms with van der Waals surface area (Å²) in [5, 5.41) is 17.0. The smallest absolute Gasteiger partial charge is 0.387 e. The Morgan fingerprint density at radius 2 is 2.03 bits per heavy atom. The van der Waals surface area contributed by atoms with E-state index in [1.165, 1.54) is 7.11 Å². The highest BCUT2D eigenvalue weighted by Crippen LogP contribution is 2.35. The number of carbonyl (C=O) groups is 1. The third kappa shape index (κ3) is 4.60. The number of amides is 1. The Labute approximate surface area is 168 Å². The van der Waals surface area contributed by atoms with Crippen molar-refractivity contribution in [1.82, 2.24) is 5.32 Å². The molecule has 7 nitrogen and oxygen atoms in total. The number of nitrogens with one attached hydrogen (secondary N) is 1. The normalized spacial score (nSPS) is 10.9. The van der Waals surface area contributed by atoms with Crippen LogP contribution in [0.2, 0.25) is 0 Å². The summed E-state index contributed by atoms with van der Waals surface area (Å²) in [5.41, 5.74) is 0.0993. The van der Waals surface area contributed by atoms with Crippen molar-refractivity contribution in [3.8, 4) is 11.5 Å². The molecule has 0 aliphatic rings. The molecule has 0 fully saturated rings. The van der Waals surface area contributed by atoms with Gasteiger partial charge in [-0.3, -0.25) is 14.9 Å². The molecule has 0 aliphatic carbocycles. The van der Waals surface area contributed by atoms with Gasteiger partial charge in [-0.25, -0.2) is 0 Å². The lowest BCUT2D eigenvalue weighted by Crippen LogP contribution is -2.26. The zero-order valence-electron chi connectivity index (χ0n) is 15.2. The predicted octanol–water partition coefficient (Wildman–Crippen LogP) is 4.39. The molecule has 0 spiro atoms. The van der Waals surface area contributed by atoms with Crippen LogP contribution in [0.25, 0.3) is 10.1 Å². The van der Waals surface area contributed by atoms with Gasteiger partial charge < -0.3 is 14.8 Å². The Balaban J connectivity index is 1.77. The molecule has 0 bridgehead atoms. The van der Waals surface area contributed by atoms with Crippen molar-refractivity contribution >= 4 is 33.0 Å². The van der Waals surface area contributed by atoms with Crippen LogP contribution in [0.5, 0.6) is 11.5 Å². The van der Waals surface area contributed by atoms with E-state index in [-0.39, 0.29) is 17.9 Å². The lowest BCUT2D eigenvalue weighted by Gasteiger charge is -2.12. The van der Waals surface area contributed by atoms with Gasteiger partial charge in [-0.2, -0.15) is 8.78 Å². The van der Waals surface area contributed by atoms with Crippen LogP contribution >= 0.6 is 11.3 Å². The lowest BCUT2D eigenvalue weighted by molar-refractivity contribution is -0.385. The van der Waals surface area contributed by atoms with E-state index in [9.17, 15) is 23.7 Å². The summed E-state index contributed by atoms with van der Waals surface area (Å²) in [6.07, 6.45) is 0.535. The molecule has 152 valence electrons. The molecular weight excluding hydrogens is 406 g/mol. The third-order valence-electron chi connectivity index (χ3n) is 4.18. The highest BCUT2D eigenvalue weighted by molar-refractivity contribution is 7.17. The fourth-order valence-corrected chi connectivity index (χ4v) is 3.86. The second kappa shape index (κ2) is 8.82. The highest BCUT2D eigenvalue weighted by atomic mass is 32.1. The monoisotopic (exact) mass is 422 g/mol. The van der Waals surface area contributed by atoms with Gasteiger partial charge in [0, 0.05) is 17.3 Å². The van der Waals surface area contributed by atoms with Crippen molar-refractivity contribution in [2.75, 3.05) is 13.7 Å². The predicted molar refractivity (Wildman–Crippen MR) is 104 cm³/mol. The van der Waals surface area contributed by atoms with Crippen molar-refractivity contribution in [3.63, 3.8) is 0 Å². The number of nitrogens with zero attached hydrogens (tertiary/aromatic N) is 1. The standard InChI is InChI=1S/C19H16F2N2O5S/c1-27-15-8-13(14(23(25)26)9-16(15)28-19(20)21)18(24)22-7-6-11-10-29-17-5-3-2-4-12(11)17/h2-5,8-10,19H,6-7H2,1H3,(H,22,24). The molecule has 10 heteroatoms. The molecule has 1 heterocycles. The van der Waals surface area contributed by atoms with Gasteiger partial charge in [0.1, 0.15) is 5.56 Å². The van der Waals surface area contributed by atoms with Gasteiger partial charge in [-0.05, 0) is 28.8 Å². The minimum absolute atomic E-state index is 0.204. The molecule has 0 saturated heterocycles. The number of benzene rings is 2.